The van der Waals surface area contributed by atoms with Gasteiger partial charge in [0.25, 0.3) is 0 Å². The lowest BCUT2D eigenvalue weighted by Gasteiger charge is -2.00. The Hall–Kier alpha value is -1.06. The summed E-state index contributed by atoms with van der Waals surface area (Å²) in [6.45, 7) is 3.66. The SMILES string of the molecule is CCCCCCC(C)=NOCC(=O)O. The van der Waals surface area contributed by atoms with Gasteiger partial charge in [0.1, 0.15) is 0 Å². The van der Waals surface area contributed by atoms with Crippen LogP contribution >= 0.6 is 0 Å². The molecule has 0 saturated carbocycles. The molecule has 82 valence electrons. The van der Waals surface area contributed by atoms with Crippen LogP contribution in [0.5, 0.6) is 0 Å². The number of aliphatic carboxylic acids is 1. The molecule has 1 N–H and O–H groups in total. The van der Waals surface area contributed by atoms with Crippen LogP contribution in [0.15, 0.2) is 5.16 Å². The number of hydrogen-bond acceptors (Lipinski definition) is 3. The monoisotopic (exact) mass is 201 g/mol. The van der Waals surface area contributed by atoms with Crippen molar-refractivity contribution in [1.82, 2.24) is 0 Å². The molecule has 0 aliphatic heterocycles. The number of rotatable bonds is 8. The lowest BCUT2D eigenvalue weighted by Crippen LogP contribution is -2.04. The number of oxime groups is 1. The Morgan fingerprint density at radius 2 is 2.07 bits per heavy atom. The van der Waals surface area contributed by atoms with Gasteiger partial charge in [-0.15, -0.1) is 0 Å². The summed E-state index contributed by atoms with van der Waals surface area (Å²) in [7, 11) is 0. The number of unbranched alkanes of at least 4 members (excludes halogenated alkanes) is 3. The summed E-state index contributed by atoms with van der Waals surface area (Å²) in [4.78, 5) is 14.7. The molecule has 0 aliphatic rings. The van der Waals surface area contributed by atoms with Crippen LogP contribution in [0.25, 0.3) is 0 Å². The predicted octanol–water partition coefficient (Wildman–Crippen LogP) is 2.43. The molecule has 4 nitrogen and oxygen atoms in total. The molecule has 0 spiro atoms. The van der Waals surface area contributed by atoms with Gasteiger partial charge in [0.05, 0.1) is 5.71 Å². The van der Waals surface area contributed by atoms with Crippen molar-refractivity contribution >= 4 is 11.7 Å². The summed E-state index contributed by atoms with van der Waals surface area (Å²) < 4.78 is 0. The maximum absolute atomic E-state index is 10.1. The molecule has 0 bridgehead atoms. The van der Waals surface area contributed by atoms with Gasteiger partial charge in [-0.25, -0.2) is 4.79 Å². The highest BCUT2D eigenvalue weighted by Crippen LogP contribution is 2.03. The molecule has 0 aromatic carbocycles. The van der Waals surface area contributed by atoms with Crippen molar-refractivity contribution in [1.29, 1.82) is 0 Å². The van der Waals surface area contributed by atoms with E-state index in [1.54, 1.807) is 0 Å². The summed E-state index contributed by atoms with van der Waals surface area (Å²) in [5, 5.41) is 12.0. The Morgan fingerprint density at radius 1 is 1.36 bits per heavy atom. The molecule has 0 rings (SSSR count). The summed E-state index contributed by atoms with van der Waals surface area (Å²) in [6, 6.07) is 0. The quantitative estimate of drug-likeness (QED) is 0.373. The molecule has 14 heavy (non-hydrogen) atoms. The van der Waals surface area contributed by atoms with E-state index >= 15 is 0 Å². The van der Waals surface area contributed by atoms with Gasteiger partial charge in [0.2, 0.25) is 6.61 Å². The molecular formula is C10H19NO3. The third-order valence-electron chi connectivity index (χ3n) is 1.80. The van der Waals surface area contributed by atoms with Crippen LogP contribution in [0.3, 0.4) is 0 Å². The minimum absolute atomic E-state index is 0.355. The second-order valence-corrected chi connectivity index (χ2v) is 3.30. The van der Waals surface area contributed by atoms with Crippen LogP contribution in [0, 0.1) is 0 Å². The van der Waals surface area contributed by atoms with E-state index in [2.05, 4.69) is 16.9 Å². The third-order valence-corrected chi connectivity index (χ3v) is 1.80. The zero-order chi connectivity index (χ0) is 10.8. The van der Waals surface area contributed by atoms with Crippen molar-refractivity contribution in [2.45, 2.75) is 46.0 Å². The fourth-order valence-electron chi connectivity index (χ4n) is 1.05. The lowest BCUT2D eigenvalue weighted by atomic mass is 10.1. The zero-order valence-corrected chi connectivity index (χ0v) is 8.95. The minimum atomic E-state index is -0.993. The molecule has 0 radical (unpaired) electrons. The van der Waals surface area contributed by atoms with Crippen molar-refractivity contribution in [3.8, 4) is 0 Å². The Bertz CT molecular complexity index is 190. The van der Waals surface area contributed by atoms with Gasteiger partial charge in [0, 0.05) is 0 Å². The van der Waals surface area contributed by atoms with Gasteiger partial charge >= 0.3 is 5.97 Å². The van der Waals surface area contributed by atoms with E-state index in [1.807, 2.05) is 6.92 Å². The summed E-state index contributed by atoms with van der Waals surface area (Å²) in [5.74, 6) is -0.993. The molecule has 0 atom stereocenters. The maximum atomic E-state index is 10.1. The highest BCUT2D eigenvalue weighted by molar-refractivity contribution is 5.81. The van der Waals surface area contributed by atoms with Gasteiger partial charge in [0.15, 0.2) is 0 Å². The summed E-state index contributed by atoms with van der Waals surface area (Å²) in [5.41, 5.74) is 0.863. The van der Waals surface area contributed by atoms with Crippen LogP contribution in [0.2, 0.25) is 0 Å². The number of carbonyl (C=O) groups is 1. The van der Waals surface area contributed by atoms with E-state index in [4.69, 9.17) is 5.11 Å². The normalized spacial score (nSPS) is 11.4. The van der Waals surface area contributed by atoms with E-state index in [9.17, 15) is 4.79 Å². The van der Waals surface area contributed by atoms with Crippen molar-refractivity contribution < 1.29 is 14.7 Å². The second kappa shape index (κ2) is 8.53. The van der Waals surface area contributed by atoms with Crippen molar-refractivity contribution in [2.75, 3.05) is 6.61 Å². The highest BCUT2D eigenvalue weighted by Gasteiger charge is 1.96. The Kier molecular flexibility index (Phi) is 7.89. The maximum Gasteiger partial charge on any atom is 0.344 e. The van der Waals surface area contributed by atoms with E-state index in [0.29, 0.717) is 0 Å². The van der Waals surface area contributed by atoms with Crippen molar-refractivity contribution in [3.05, 3.63) is 0 Å². The molecule has 0 aromatic heterocycles. The topological polar surface area (TPSA) is 58.9 Å². The van der Waals surface area contributed by atoms with Crippen LogP contribution in [0.4, 0.5) is 0 Å². The van der Waals surface area contributed by atoms with Crippen LogP contribution in [-0.2, 0) is 9.63 Å². The van der Waals surface area contributed by atoms with Crippen LogP contribution in [-0.4, -0.2) is 23.4 Å². The van der Waals surface area contributed by atoms with Crippen LogP contribution in [0.1, 0.15) is 46.0 Å². The molecular weight excluding hydrogens is 182 g/mol. The van der Waals surface area contributed by atoms with Gasteiger partial charge < -0.3 is 9.94 Å². The van der Waals surface area contributed by atoms with Crippen LogP contribution < -0.4 is 0 Å². The molecule has 0 fully saturated rings. The molecule has 0 amide bonds. The number of hydrogen-bond donors (Lipinski definition) is 1. The first-order valence-corrected chi connectivity index (χ1v) is 5.04. The van der Waals surface area contributed by atoms with Crippen molar-refractivity contribution in [2.24, 2.45) is 5.16 Å². The van der Waals surface area contributed by atoms with Gasteiger partial charge in [-0.1, -0.05) is 31.3 Å². The third kappa shape index (κ3) is 9.03. The fraction of sp³-hybridized carbons (Fsp3) is 0.800. The van der Waals surface area contributed by atoms with E-state index in [-0.39, 0.29) is 6.61 Å². The average molecular weight is 201 g/mol. The highest BCUT2D eigenvalue weighted by atomic mass is 16.6. The zero-order valence-electron chi connectivity index (χ0n) is 8.95. The molecule has 0 heterocycles. The smallest absolute Gasteiger partial charge is 0.344 e. The lowest BCUT2D eigenvalue weighted by molar-refractivity contribution is -0.142. The fourth-order valence-corrected chi connectivity index (χ4v) is 1.05. The number of carboxylic acids is 1. The average Bonchev–Trinajstić information content (AvgIpc) is 2.12. The predicted molar refractivity (Wildman–Crippen MR) is 55.5 cm³/mol. The molecule has 0 aromatic rings. The Balaban J connectivity index is 3.42. The Labute approximate surface area is 84.9 Å². The van der Waals surface area contributed by atoms with E-state index < -0.39 is 5.97 Å². The molecule has 4 heteroatoms. The molecule has 0 saturated heterocycles. The van der Waals surface area contributed by atoms with Gasteiger partial charge in [-0.3, -0.25) is 0 Å². The minimum Gasteiger partial charge on any atom is -0.479 e. The van der Waals surface area contributed by atoms with E-state index in [0.717, 1.165) is 18.6 Å². The second-order valence-electron chi connectivity index (χ2n) is 3.30. The van der Waals surface area contributed by atoms with Gasteiger partial charge in [-0.05, 0) is 19.8 Å². The first-order valence-electron chi connectivity index (χ1n) is 5.04. The summed E-state index contributed by atoms with van der Waals surface area (Å²) >= 11 is 0. The van der Waals surface area contributed by atoms with Gasteiger partial charge in [-0.2, -0.15) is 0 Å². The molecule has 0 unspecified atom stereocenters. The number of nitrogens with zero attached hydrogens (tertiary/aromatic N) is 1. The molecule has 0 aliphatic carbocycles. The standard InChI is InChI=1S/C10H19NO3/c1-3-4-5-6-7-9(2)11-14-8-10(12)13/h3-8H2,1-2H3,(H,12,13). The number of carboxylic acid groups (broad SMARTS) is 1. The van der Waals surface area contributed by atoms with Crippen molar-refractivity contribution in [3.63, 3.8) is 0 Å². The largest absolute Gasteiger partial charge is 0.479 e. The first kappa shape index (κ1) is 12.9. The van der Waals surface area contributed by atoms with E-state index in [1.165, 1.54) is 19.3 Å². The summed E-state index contributed by atoms with van der Waals surface area (Å²) in [6.07, 6.45) is 5.64. The first-order chi connectivity index (χ1) is 6.66. The Morgan fingerprint density at radius 3 is 2.64 bits per heavy atom.